The van der Waals surface area contributed by atoms with E-state index in [1.165, 1.54) is 30.6 Å². The van der Waals surface area contributed by atoms with Crippen molar-refractivity contribution in [1.29, 1.82) is 0 Å². The van der Waals surface area contributed by atoms with Crippen molar-refractivity contribution >= 4 is 27.5 Å². The third kappa shape index (κ3) is 5.00. The zero-order valence-electron chi connectivity index (χ0n) is 16.8. The lowest BCUT2D eigenvalue weighted by Gasteiger charge is -2.32. The van der Waals surface area contributed by atoms with Gasteiger partial charge in [0.05, 0.1) is 5.39 Å². The minimum atomic E-state index is 0.181. The smallest absolute Gasteiger partial charge is 0.225 e. The molecule has 6 nitrogen and oxygen atoms in total. The predicted octanol–water partition coefficient (Wildman–Crippen LogP) is 3.40. The third-order valence-corrected chi connectivity index (χ3v) is 6.96. The molecule has 1 amide bonds. The fourth-order valence-electron chi connectivity index (χ4n) is 3.92. The van der Waals surface area contributed by atoms with Crippen LogP contribution in [0.4, 0.5) is 0 Å². The number of thiophene rings is 1. The summed E-state index contributed by atoms with van der Waals surface area (Å²) in [5, 5.41) is 4.04. The van der Waals surface area contributed by atoms with E-state index in [1.807, 2.05) is 0 Å². The van der Waals surface area contributed by atoms with Gasteiger partial charge in [0.15, 0.2) is 0 Å². The molecule has 2 aliphatic carbocycles. The molecule has 2 aromatic heterocycles. The van der Waals surface area contributed by atoms with E-state index in [4.69, 9.17) is 4.74 Å². The lowest BCUT2D eigenvalue weighted by molar-refractivity contribution is -0.121. The second-order valence-electron chi connectivity index (χ2n) is 8.37. The molecule has 2 aromatic rings. The Morgan fingerprint density at radius 1 is 1.21 bits per heavy atom. The Morgan fingerprint density at radius 2 is 2.00 bits per heavy atom. The Morgan fingerprint density at radius 3 is 2.71 bits per heavy atom. The quantitative estimate of drug-likeness (QED) is 0.733. The molecule has 0 aromatic carbocycles. The van der Waals surface area contributed by atoms with Crippen molar-refractivity contribution < 1.29 is 9.53 Å². The Bertz CT molecular complexity index is 810. The molecule has 7 heteroatoms. The molecule has 152 valence electrons. The molecule has 28 heavy (non-hydrogen) atoms. The summed E-state index contributed by atoms with van der Waals surface area (Å²) < 4.78 is 6.27. The van der Waals surface area contributed by atoms with E-state index in [0.29, 0.717) is 30.8 Å². The van der Waals surface area contributed by atoms with Crippen molar-refractivity contribution in [1.82, 2.24) is 20.2 Å². The number of nitrogens with one attached hydrogen (secondary N) is 1. The average Bonchev–Trinajstić information content (AvgIpc) is 3.38. The summed E-state index contributed by atoms with van der Waals surface area (Å²) in [4.78, 5) is 25.2. The van der Waals surface area contributed by atoms with Gasteiger partial charge in [0.2, 0.25) is 11.8 Å². The van der Waals surface area contributed by atoms with Gasteiger partial charge in [-0.25, -0.2) is 9.97 Å². The van der Waals surface area contributed by atoms with Crippen molar-refractivity contribution in [2.24, 2.45) is 5.92 Å². The summed E-state index contributed by atoms with van der Waals surface area (Å²) in [7, 11) is 4.31. The fourth-order valence-corrected chi connectivity index (χ4v) is 4.90. The van der Waals surface area contributed by atoms with E-state index in [1.54, 1.807) is 17.7 Å². The van der Waals surface area contributed by atoms with Gasteiger partial charge in [-0.3, -0.25) is 4.79 Å². The van der Waals surface area contributed by atoms with Crippen LogP contribution in [0, 0.1) is 5.92 Å². The van der Waals surface area contributed by atoms with Crippen molar-refractivity contribution in [3.8, 4) is 5.88 Å². The molecule has 0 bridgehead atoms. The van der Waals surface area contributed by atoms with Gasteiger partial charge in [-0.05, 0) is 71.0 Å². The summed E-state index contributed by atoms with van der Waals surface area (Å²) in [6.07, 6.45) is 10.2. The number of ether oxygens (including phenoxy) is 1. The molecule has 0 atom stereocenters. The molecule has 4 rings (SSSR count). The zero-order valence-corrected chi connectivity index (χ0v) is 17.6. The number of nitrogens with zero attached hydrogens (tertiary/aromatic N) is 3. The number of amides is 1. The van der Waals surface area contributed by atoms with Gasteiger partial charge in [0.1, 0.15) is 17.3 Å². The normalized spacial score (nSPS) is 22.5. The van der Waals surface area contributed by atoms with E-state index in [-0.39, 0.29) is 12.0 Å². The fraction of sp³-hybridized carbons (Fsp3) is 0.667. The molecule has 2 aliphatic rings. The van der Waals surface area contributed by atoms with E-state index in [9.17, 15) is 4.79 Å². The number of carbonyl (C=O) groups is 1. The summed E-state index contributed by atoms with van der Waals surface area (Å²) >= 11 is 1.67. The lowest BCUT2D eigenvalue weighted by Crippen LogP contribution is -2.35. The topological polar surface area (TPSA) is 67.3 Å². The van der Waals surface area contributed by atoms with Crippen molar-refractivity contribution in [3.05, 3.63) is 17.3 Å². The molecule has 0 saturated heterocycles. The molecule has 2 saturated carbocycles. The van der Waals surface area contributed by atoms with Crippen LogP contribution in [-0.4, -0.2) is 53.6 Å². The Balaban J connectivity index is 1.33. The first-order valence-electron chi connectivity index (χ1n) is 10.4. The van der Waals surface area contributed by atoms with Gasteiger partial charge < -0.3 is 15.0 Å². The van der Waals surface area contributed by atoms with Crippen LogP contribution < -0.4 is 10.1 Å². The second-order valence-corrected chi connectivity index (χ2v) is 9.49. The first kappa shape index (κ1) is 19.6. The van der Waals surface area contributed by atoms with Crippen LogP contribution in [0.25, 0.3) is 10.2 Å². The SMILES string of the molecule is CN(C)C1CCC(Oc2ncnc3sc(CCNC(=O)CC4CC4)cc23)CC1. The average molecular weight is 403 g/mol. The first-order valence-corrected chi connectivity index (χ1v) is 11.2. The molecule has 1 N–H and O–H groups in total. The number of hydrogen-bond acceptors (Lipinski definition) is 6. The Kier molecular flexibility index (Phi) is 6.11. The number of carbonyl (C=O) groups excluding carboxylic acids is 1. The Hall–Kier alpha value is -1.73. The number of fused-ring (bicyclic) bond motifs is 1. The lowest BCUT2D eigenvalue weighted by atomic mass is 9.92. The number of hydrogen-bond donors (Lipinski definition) is 1. The summed E-state index contributed by atoms with van der Waals surface area (Å²) in [6, 6.07) is 2.79. The van der Waals surface area contributed by atoms with Crippen LogP contribution in [0.2, 0.25) is 0 Å². The van der Waals surface area contributed by atoms with Crippen LogP contribution in [0.15, 0.2) is 12.4 Å². The molecule has 0 spiro atoms. The van der Waals surface area contributed by atoms with Crippen LogP contribution in [-0.2, 0) is 11.2 Å². The largest absolute Gasteiger partial charge is 0.474 e. The molecular weight excluding hydrogens is 372 g/mol. The highest BCUT2D eigenvalue weighted by molar-refractivity contribution is 7.18. The highest BCUT2D eigenvalue weighted by Crippen LogP contribution is 2.33. The maximum Gasteiger partial charge on any atom is 0.225 e. The van der Waals surface area contributed by atoms with Crippen LogP contribution in [0.1, 0.15) is 49.8 Å². The maximum absolute atomic E-state index is 11.8. The third-order valence-electron chi connectivity index (χ3n) is 5.86. The molecule has 2 fully saturated rings. The number of aromatic nitrogens is 2. The highest BCUT2D eigenvalue weighted by Gasteiger charge is 2.25. The van der Waals surface area contributed by atoms with Crippen LogP contribution >= 0.6 is 11.3 Å². The summed E-state index contributed by atoms with van der Waals surface area (Å²) in [5.41, 5.74) is 0. The van der Waals surface area contributed by atoms with Gasteiger partial charge >= 0.3 is 0 Å². The molecule has 0 unspecified atom stereocenters. The molecule has 2 heterocycles. The number of rotatable bonds is 8. The summed E-state index contributed by atoms with van der Waals surface area (Å²) in [6.45, 7) is 0.677. The van der Waals surface area contributed by atoms with Gasteiger partial charge in [-0.15, -0.1) is 11.3 Å². The van der Waals surface area contributed by atoms with Crippen LogP contribution in [0.3, 0.4) is 0 Å². The van der Waals surface area contributed by atoms with E-state index >= 15 is 0 Å². The Labute approximate surface area is 170 Å². The van der Waals surface area contributed by atoms with Gasteiger partial charge in [-0.2, -0.15) is 0 Å². The maximum atomic E-state index is 11.8. The molecular formula is C21H30N4O2S. The molecule has 0 aliphatic heterocycles. The van der Waals surface area contributed by atoms with Crippen LogP contribution in [0.5, 0.6) is 5.88 Å². The zero-order chi connectivity index (χ0) is 19.5. The monoisotopic (exact) mass is 402 g/mol. The molecule has 0 radical (unpaired) electrons. The van der Waals surface area contributed by atoms with Crippen molar-refractivity contribution in [3.63, 3.8) is 0 Å². The van der Waals surface area contributed by atoms with Crippen molar-refractivity contribution in [2.45, 2.75) is 63.5 Å². The van der Waals surface area contributed by atoms with Gasteiger partial charge in [0, 0.05) is 23.9 Å². The van der Waals surface area contributed by atoms with E-state index in [2.05, 4.69) is 40.3 Å². The minimum Gasteiger partial charge on any atom is -0.474 e. The highest BCUT2D eigenvalue weighted by atomic mass is 32.1. The predicted molar refractivity (Wildman–Crippen MR) is 112 cm³/mol. The minimum absolute atomic E-state index is 0.181. The first-order chi connectivity index (χ1) is 13.6. The van der Waals surface area contributed by atoms with Gasteiger partial charge in [-0.1, -0.05) is 0 Å². The van der Waals surface area contributed by atoms with E-state index in [0.717, 1.165) is 29.5 Å². The second kappa shape index (κ2) is 8.74. The van der Waals surface area contributed by atoms with Gasteiger partial charge in [0.25, 0.3) is 0 Å². The van der Waals surface area contributed by atoms with E-state index < -0.39 is 0 Å². The van der Waals surface area contributed by atoms with Crippen molar-refractivity contribution in [2.75, 3.05) is 20.6 Å². The standard InChI is InChI=1S/C21H30N4O2S/c1-25(2)15-5-7-16(8-6-15)27-20-18-12-17(28-21(18)24-13-23-20)9-10-22-19(26)11-14-3-4-14/h12-16H,3-11H2,1-2H3,(H,22,26). The summed E-state index contributed by atoms with van der Waals surface area (Å²) in [5.74, 6) is 1.52.